The number of amides is 1. The van der Waals surface area contributed by atoms with Crippen LogP contribution in [0.3, 0.4) is 0 Å². The van der Waals surface area contributed by atoms with E-state index in [4.69, 9.17) is 4.74 Å². The van der Waals surface area contributed by atoms with Gasteiger partial charge in [0.2, 0.25) is 5.91 Å². The number of aromatic nitrogens is 4. The highest BCUT2D eigenvalue weighted by molar-refractivity contribution is 5.76. The Kier molecular flexibility index (Phi) is 6.48. The number of ether oxygens (including phenoxy) is 1. The van der Waals surface area contributed by atoms with Crippen LogP contribution >= 0.6 is 0 Å². The van der Waals surface area contributed by atoms with Gasteiger partial charge in [0.1, 0.15) is 0 Å². The molecule has 0 spiro atoms. The molecular weight excluding hydrogens is 328 g/mol. The number of hydrogen-bond acceptors (Lipinski definition) is 6. The van der Waals surface area contributed by atoms with Crippen LogP contribution in [0.15, 0.2) is 15.9 Å². The van der Waals surface area contributed by atoms with E-state index in [0.717, 1.165) is 11.1 Å². The van der Waals surface area contributed by atoms with E-state index in [1.807, 2.05) is 0 Å². The molecule has 0 aromatic carbocycles. The van der Waals surface area contributed by atoms with Crippen LogP contribution in [-0.2, 0) is 30.2 Å². The molecule has 0 fully saturated rings. The van der Waals surface area contributed by atoms with Crippen LogP contribution in [0.2, 0.25) is 0 Å². The topological polar surface area (TPSA) is 112 Å². The summed E-state index contributed by atoms with van der Waals surface area (Å²) in [5, 5.41) is 5.93. The smallest absolute Gasteiger partial charge is 0.332 e. The zero-order chi connectivity index (χ0) is 18.4. The maximum absolute atomic E-state index is 12.3. The number of aryl methyl sites for hydroxylation is 2. The van der Waals surface area contributed by atoms with Gasteiger partial charge in [0.25, 0.3) is 5.56 Å². The Balaban J connectivity index is 1.95. The van der Waals surface area contributed by atoms with Crippen molar-refractivity contribution < 1.29 is 9.53 Å². The SMILES string of the molecule is COCCNCCNC(=O)CCn1cnc2c1c(=O)n(C)c(=O)n2C. The fourth-order valence-electron chi connectivity index (χ4n) is 2.47. The summed E-state index contributed by atoms with van der Waals surface area (Å²) in [6.45, 7) is 2.84. The lowest BCUT2D eigenvalue weighted by molar-refractivity contribution is -0.121. The number of imidazole rings is 1. The third kappa shape index (κ3) is 4.34. The van der Waals surface area contributed by atoms with Crippen LogP contribution in [0.5, 0.6) is 0 Å². The number of fused-ring (bicyclic) bond motifs is 1. The highest BCUT2D eigenvalue weighted by atomic mass is 16.5. The average Bonchev–Trinajstić information content (AvgIpc) is 3.03. The predicted octanol–water partition coefficient (Wildman–Crippen LogP) is -1.82. The molecule has 0 saturated carbocycles. The van der Waals surface area contributed by atoms with E-state index in [0.29, 0.717) is 37.4 Å². The van der Waals surface area contributed by atoms with Gasteiger partial charge in [-0.3, -0.25) is 18.7 Å². The first-order valence-electron chi connectivity index (χ1n) is 8.04. The normalized spacial score (nSPS) is 11.2. The third-order valence-electron chi connectivity index (χ3n) is 3.90. The minimum atomic E-state index is -0.429. The summed E-state index contributed by atoms with van der Waals surface area (Å²) >= 11 is 0. The van der Waals surface area contributed by atoms with Crippen LogP contribution in [0.25, 0.3) is 11.2 Å². The first-order chi connectivity index (χ1) is 12.0. The number of methoxy groups -OCH3 is 1. The van der Waals surface area contributed by atoms with Gasteiger partial charge in [-0.1, -0.05) is 0 Å². The zero-order valence-electron chi connectivity index (χ0n) is 14.7. The molecule has 0 aliphatic heterocycles. The molecule has 2 aromatic heterocycles. The first kappa shape index (κ1) is 18.9. The van der Waals surface area contributed by atoms with Gasteiger partial charge >= 0.3 is 5.69 Å². The van der Waals surface area contributed by atoms with Crippen molar-refractivity contribution in [3.63, 3.8) is 0 Å². The largest absolute Gasteiger partial charge is 0.383 e. The van der Waals surface area contributed by atoms with E-state index in [-0.39, 0.29) is 12.3 Å². The molecule has 10 nitrogen and oxygen atoms in total. The Morgan fingerprint density at radius 1 is 1.20 bits per heavy atom. The highest BCUT2D eigenvalue weighted by Crippen LogP contribution is 2.06. The van der Waals surface area contributed by atoms with Crippen molar-refractivity contribution in [1.82, 2.24) is 29.3 Å². The lowest BCUT2D eigenvalue weighted by atomic mass is 10.3. The molecule has 25 heavy (non-hydrogen) atoms. The molecule has 2 N–H and O–H groups in total. The lowest BCUT2D eigenvalue weighted by Crippen LogP contribution is -2.37. The third-order valence-corrected chi connectivity index (χ3v) is 3.90. The molecule has 10 heteroatoms. The van der Waals surface area contributed by atoms with Gasteiger partial charge in [-0.15, -0.1) is 0 Å². The van der Waals surface area contributed by atoms with Crippen molar-refractivity contribution in [3.8, 4) is 0 Å². The first-order valence-corrected chi connectivity index (χ1v) is 8.04. The fraction of sp³-hybridized carbons (Fsp3) is 0.600. The van der Waals surface area contributed by atoms with Crippen molar-refractivity contribution >= 4 is 17.1 Å². The van der Waals surface area contributed by atoms with E-state index in [9.17, 15) is 14.4 Å². The summed E-state index contributed by atoms with van der Waals surface area (Å²) in [4.78, 5) is 40.2. The number of hydrogen-bond donors (Lipinski definition) is 2. The van der Waals surface area contributed by atoms with E-state index in [2.05, 4.69) is 15.6 Å². The molecule has 2 rings (SSSR count). The maximum atomic E-state index is 12.3. The second-order valence-corrected chi connectivity index (χ2v) is 5.66. The van der Waals surface area contributed by atoms with Gasteiger partial charge in [-0.05, 0) is 0 Å². The highest BCUT2D eigenvalue weighted by Gasteiger charge is 2.14. The second kappa shape index (κ2) is 8.58. The van der Waals surface area contributed by atoms with Gasteiger partial charge in [0, 0.05) is 53.8 Å². The van der Waals surface area contributed by atoms with Gasteiger partial charge in [-0.2, -0.15) is 0 Å². The molecule has 0 aliphatic carbocycles. The molecule has 0 radical (unpaired) electrons. The molecule has 2 aromatic rings. The van der Waals surface area contributed by atoms with Gasteiger partial charge in [0.05, 0.1) is 12.9 Å². The number of carbonyl (C=O) groups excluding carboxylic acids is 1. The van der Waals surface area contributed by atoms with Gasteiger partial charge < -0.3 is 19.9 Å². The maximum Gasteiger partial charge on any atom is 0.332 e. The molecule has 0 aliphatic rings. The van der Waals surface area contributed by atoms with Crippen LogP contribution in [0.1, 0.15) is 6.42 Å². The van der Waals surface area contributed by atoms with Crippen molar-refractivity contribution in [2.75, 3.05) is 33.4 Å². The van der Waals surface area contributed by atoms with Crippen molar-refractivity contribution in [1.29, 1.82) is 0 Å². The molecule has 0 bridgehead atoms. The zero-order valence-corrected chi connectivity index (χ0v) is 14.7. The molecule has 138 valence electrons. The monoisotopic (exact) mass is 352 g/mol. The van der Waals surface area contributed by atoms with Crippen molar-refractivity contribution in [2.45, 2.75) is 13.0 Å². The van der Waals surface area contributed by atoms with Gasteiger partial charge in [0.15, 0.2) is 11.2 Å². The summed E-state index contributed by atoms with van der Waals surface area (Å²) in [7, 11) is 4.62. The quantitative estimate of drug-likeness (QED) is 0.514. The molecule has 1 amide bonds. The second-order valence-electron chi connectivity index (χ2n) is 5.66. The fourth-order valence-corrected chi connectivity index (χ4v) is 2.47. The van der Waals surface area contributed by atoms with E-state index in [1.165, 1.54) is 17.9 Å². The summed E-state index contributed by atoms with van der Waals surface area (Å²) in [6, 6.07) is 0. The number of carbonyl (C=O) groups is 1. The molecule has 0 atom stereocenters. The van der Waals surface area contributed by atoms with Crippen LogP contribution in [0, 0.1) is 0 Å². The summed E-state index contributed by atoms with van der Waals surface area (Å²) in [6.07, 6.45) is 1.70. The van der Waals surface area contributed by atoms with E-state index >= 15 is 0 Å². The number of nitrogens with one attached hydrogen (secondary N) is 2. The summed E-state index contributed by atoms with van der Waals surface area (Å²) in [5.74, 6) is -0.114. The van der Waals surface area contributed by atoms with Crippen LogP contribution in [-0.4, -0.2) is 57.9 Å². The minimum absolute atomic E-state index is 0.114. The summed E-state index contributed by atoms with van der Waals surface area (Å²) < 4.78 is 8.87. The average molecular weight is 352 g/mol. The molecule has 2 heterocycles. The number of rotatable bonds is 9. The Labute approximate surface area is 144 Å². The Morgan fingerprint density at radius 2 is 1.96 bits per heavy atom. The van der Waals surface area contributed by atoms with Crippen molar-refractivity contribution in [3.05, 3.63) is 27.2 Å². The number of nitrogens with zero attached hydrogens (tertiary/aromatic N) is 4. The van der Waals surface area contributed by atoms with Crippen LogP contribution in [0.4, 0.5) is 0 Å². The van der Waals surface area contributed by atoms with Crippen molar-refractivity contribution in [2.24, 2.45) is 14.1 Å². The predicted molar refractivity (Wildman–Crippen MR) is 92.6 cm³/mol. The molecule has 0 saturated heterocycles. The Morgan fingerprint density at radius 3 is 2.68 bits per heavy atom. The Hall–Kier alpha value is -2.46. The van der Waals surface area contributed by atoms with Crippen LogP contribution < -0.4 is 21.9 Å². The standard InChI is InChI=1S/C15H24N6O4/c1-19-13-12(14(23)20(2)15(19)24)21(10-18-13)8-4-11(22)17-6-5-16-7-9-25-3/h10,16H,4-9H2,1-3H3,(H,17,22). The molecule has 0 unspecified atom stereocenters. The lowest BCUT2D eigenvalue weighted by Gasteiger charge is -2.08. The summed E-state index contributed by atoms with van der Waals surface area (Å²) in [5.41, 5.74) is -0.214. The van der Waals surface area contributed by atoms with Gasteiger partial charge in [-0.25, -0.2) is 9.78 Å². The van der Waals surface area contributed by atoms with E-state index < -0.39 is 11.2 Å². The van der Waals surface area contributed by atoms with E-state index in [1.54, 1.807) is 18.7 Å². The Bertz CT molecular complexity index is 850. The molecular formula is C15H24N6O4. The minimum Gasteiger partial charge on any atom is -0.383 e.